The number of rotatable bonds is 5. The van der Waals surface area contributed by atoms with Crippen LogP contribution in [0, 0.1) is 5.92 Å². The van der Waals surface area contributed by atoms with Crippen molar-refractivity contribution in [1.29, 1.82) is 0 Å². The van der Waals surface area contributed by atoms with Crippen molar-refractivity contribution in [2.45, 2.75) is 25.7 Å². The van der Waals surface area contributed by atoms with E-state index in [9.17, 15) is 4.79 Å². The third-order valence-corrected chi connectivity index (χ3v) is 5.21. The molecule has 1 N–H and O–H groups in total. The highest BCUT2D eigenvalue weighted by Crippen LogP contribution is 2.34. The van der Waals surface area contributed by atoms with Gasteiger partial charge in [-0.2, -0.15) is 0 Å². The predicted octanol–water partition coefficient (Wildman–Crippen LogP) is 2.85. The van der Waals surface area contributed by atoms with Gasteiger partial charge in [0.05, 0.1) is 5.52 Å². The summed E-state index contributed by atoms with van der Waals surface area (Å²) in [6.07, 6.45) is 5.45. The van der Waals surface area contributed by atoms with E-state index in [1.165, 1.54) is 17.4 Å². The fraction of sp³-hybridized carbons (Fsp3) is 0.476. The number of aromatic nitrogens is 1. The second-order valence-corrected chi connectivity index (χ2v) is 7.25. The van der Waals surface area contributed by atoms with E-state index in [0.29, 0.717) is 18.3 Å². The number of hydrogen-bond acceptors (Lipinski definition) is 4. The number of benzene rings is 1. The Hall–Kier alpha value is -2.27. The van der Waals surface area contributed by atoms with Gasteiger partial charge in [-0.25, -0.2) is 0 Å². The second kappa shape index (κ2) is 8.41. The summed E-state index contributed by atoms with van der Waals surface area (Å²) in [5, 5.41) is 3.93. The van der Waals surface area contributed by atoms with Crippen molar-refractivity contribution in [2.24, 2.45) is 10.9 Å². The first-order chi connectivity index (χ1) is 12.6. The van der Waals surface area contributed by atoms with Gasteiger partial charge in [-0.05, 0) is 29.9 Å². The number of pyridine rings is 1. The summed E-state index contributed by atoms with van der Waals surface area (Å²) in [7, 11) is 3.49. The van der Waals surface area contributed by atoms with Crippen LogP contribution in [0.25, 0.3) is 10.9 Å². The van der Waals surface area contributed by atoms with Crippen molar-refractivity contribution < 1.29 is 4.79 Å². The Morgan fingerprint density at radius 2 is 2.23 bits per heavy atom. The number of likely N-dealkylation sites (tertiary alicyclic amines) is 1. The van der Waals surface area contributed by atoms with Crippen molar-refractivity contribution in [2.75, 3.05) is 33.7 Å². The van der Waals surface area contributed by atoms with E-state index >= 15 is 0 Å². The topological polar surface area (TPSA) is 57.6 Å². The van der Waals surface area contributed by atoms with Crippen LogP contribution in [-0.4, -0.2) is 55.7 Å². The number of hydrogen-bond donors (Lipinski definition) is 1. The van der Waals surface area contributed by atoms with Crippen molar-refractivity contribution in [3.8, 4) is 0 Å². The van der Waals surface area contributed by atoms with Crippen LogP contribution in [0.5, 0.6) is 0 Å². The van der Waals surface area contributed by atoms with Crippen LogP contribution in [0.1, 0.15) is 36.8 Å². The fourth-order valence-corrected chi connectivity index (χ4v) is 4.07. The number of piperidine rings is 1. The minimum Gasteiger partial charge on any atom is -0.359 e. The molecule has 138 valence electrons. The molecule has 2 atom stereocenters. The molecular weight excluding hydrogens is 324 g/mol. The van der Waals surface area contributed by atoms with Gasteiger partial charge < -0.3 is 10.2 Å². The molecular formula is C21H28N4O. The monoisotopic (exact) mass is 352 g/mol. The molecule has 0 saturated carbocycles. The summed E-state index contributed by atoms with van der Waals surface area (Å²) in [5.41, 5.74) is 3.44. The molecule has 0 aliphatic carbocycles. The van der Waals surface area contributed by atoms with Crippen LogP contribution in [0.3, 0.4) is 0 Å². The lowest BCUT2D eigenvalue weighted by Crippen LogP contribution is -2.40. The van der Waals surface area contributed by atoms with Crippen molar-refractivity contribution in [3.05, 3.63) is 41.6 Å². The number of amides is 1. The third kappa shape index (κ3) is 4.10. The predicted molar refractivity (Wildman–Crippen MR) is 107 cm³/mol. The fourth-order valence-electron chi connectivity index (χ4n) is 4.07. The lowest BCUT2D eigenvalue weighted by molar-refractivity contribution is -0.121. The van der Waals surface area contributed by atoms with Gasteiger partial charge in [0.25, 0.3) is 0 Å². The molecule has 1 aromatic heterocycles. The van der Waals surface area contributed by atoms with Crippen molar-refractivity contribution in [1.82, 2.24) is 15.2 Å². The van der Waals surface area contributed by atoms with Gasteiger partial charge in [0.15, 0.2) is 0 Å². The molecule has 26 heavy (non-hydrogen) atoms. The van der Waals surface area contributed by atoms with E-state index in [-0.39, 0.29) is 5.91 Å². The van der Waals surface area contributed by atoms with Crippen LogP contribution < -0.4 is 5.32 Å². The summed E-state index contributed by atoms with van der Waals surface area (Å²) in [6, 6.07) is 8.54. The summed E-state index contributed by atoms with van der Waals surface area (Å²) >= 11 is 0. The molecule has 3 rings (SSSR count). The summed E-state index contributed by atoms with van der Waals surface area (Å²) in [4.78, 5) is 22.8. The lowest BCUT2D eigenvalue weighted by atomic mass is 9.83. The molecule has 2 heterocycles. The zero-order chi connectivity index (χ0) is 18.5. The van der Waals surface area contributed by atoms with Gasteiger partial charge >= 0.3 is 0 Å². The molecule has 0 spiro atoms. The molecule has 1 fully saturated rings. The SMILES string of the molecule is C/N=C\c1ccc(C2CC(C)CN(CCC(=O)NC)C2)c2cccnc12. The number of carbonyl (C=O) groups excluding carboxylic acids is 1. The quantitative estimate of drug-likeness (QED) is 0.842. The second-order valence-electron chi connectivity index (χ2n) is 7.25. The molecule has 5 heteroatoms. The Balaban J connectivity index is 1.88. The van der Waals surface area contributed by atoms with E-state index in [0.717, 1.165) is 30.7 Å². The average molecular weight is 352 g/mol. The lowest BCUT2D eigenvalue weighted by Gasteiger charge is -2.37. The average Bonchev–Trinajstić information content (AvgIpc) is 2.66. The van der Waals surface area contributed by atoms with Gasteiger partial charge in [-0.1, -0.05) is 25.1 Å². The number of nitrogens with zero attached hydrogens (tertiary/aromatic N) is 3. The Labute approximate surface area is 155 Å². The number of carbonyl (C=O) groups is 1. The molecule has 1 aromatic carbocycles. The van der Waals surface area contributed by atoms with Crippen LogP contribution in [0.15, 0.2) is 35.5 Å². The maximum absolute atomic E-state index is 11.6. The van der Waals surface area contributed by atoms with Gasteiger partial charge in [-0.15, -0.1) is 0 Å². The van der Waals surface area contributed by atoms with E-state index in [4.69, 9.17) is 0 Å². The molecule has 0 bridgehead atoms. The standard InChI is InChI=1S/C21H28N4O/c1-15-11-17(14-25(13-15)10-8-20(26)23-3)18-7-6-16(12-22-2)21-19(18)5-4-9-24-21/h4-7,9,12,15,17H,8,10-11,13-14H2,1-3H3,(H,23,26)/b22-12-. The highest BCUT2D eigenvalue weighted by Gasteiger charge is 2.27. The molecule has 1 aliphatic heterocycles. The Bertz CT molecular complexity index is 802. The number of nitrogens with one attached hydrogen (secondary N) is 1. The minimum atomic E-state index is 0.109. The van der Waals surface area contributed by atoms with Gasteiger partial charge in [0.2, 0.25) is 5.91 Å². The van der Waals surface area contributed by atoms with Gasteiger partial charge in [0, 0.05) is 63.5 Å². The minimum absolute atomic E-state index is 0.109. The molecule has 5 nitrogen and oxygen atoms in total. The molecule has 0 radical (unpaired) electrons. The van der Waals surface area contributed by atoms with E-state index < -0.39 is 0 Å². The Kier molecular flexibility index (Phi) is 5.99. The van der Waals surface area contributed by atoms with Crippen LogP contribution in [0.4, 0.5) is 0 Å². The van der Waals surface area contributed by atoms with Crippen LogP contribution in [-0.2, 0) is 4.79 Å². The molecule has 1 saturated heterocycles. The maximum atomic E-state index is 11.6. The summed E-state index contributed by atoms with van der Waals surface area (Å²) in [5.74, 6) is 1.18. The van der Waals surface area contributed by atoms with Gasteiger partial charge in [-0.3, -0.25) is 14.8 Å². The molecule has 1 amide bonds. The largest absolute Gasteiger partial charge is 0.359 e. The summed E-state index contributed by atoms with van der Waals surface area (Å²) in [6.45, 7) is 5.17. The first-order valence-corrected chi connectivity index (χ1v) is 9.35. The number of aliphatic imine (C=N–C) groups is 1. The normalized spacial score (nSPS) is 21.3. The van der Waals surface area contributed by atoms with E-state index in [1.807, 2.05) is 18.5 Å². The molecule has 2 aromatic rings. The molecule has 1 aliphatic rings. The first-order valence-electron chi connectivity index (χ1n) is 9.35. The van der Waals surface area contributed by atoms with E-state index in [1.54, 1.807) is 14.1 Å². The maximum Gasteiger partial charge on any atom is 0.221 e. The number of fused-ring (bicyclic) bond motifs is 1. The summed E-state index contributed by atoms with van der Waals surface area (Å²) < 4.78 is 0. The van der Waals surface area contributed by atoms with E-state index in [2.05, 4.69) is 45.3 Å². The third-order valence-electron chi connectivity index (χ3n) is 5.21. The highest BCUT2D eigenvalue weighted by atomic mass is 16.1. The smallest absolute Gasteiger partial charge is 0.221 e. The van der Waals surface area contributed by atoms with Crippen LogP contribution >= 0.6 is 0 Å². The first kappa shape index (κ1) is 18.5. The molecule has 2 unspecified atom stereocenters. The Morgan fingerprint density at radius 3 is 3.00 bits per heavy atom. The van der Waals surface area contributed by atoms with Crippen molar-refractivity contribution >= 4 is 23.0 Å². The van der Waals surface area contributed by atoms with Crippen molar-refractivity contribution in [3.63, 3.8) is 0 Å². The highest BCUT2D eigenvalue weighted by molar-refractivity contribution is 5.98. The van der Waals surface area contributed by atoms with Crippen LogP contribution in [0.2, 0.25) is 0 Å². The zero-order valence-corrected chi connectivity index (χ0v) is 15.9. The zero-order valence-electron chi connectivity index (χ0n) is 15.9. The van der Waals surface area contributed by atoms with Gasteiger partial charge in [0.1, 0.15) is 0 Å². The Morgan fingerprint density at radius 1 is 1.38 bits per heavy atom.